The highest BCUT2D eigenvalue weighted by atomic mass is 32.1. The van der Waals surface area contributed by atoms with Gasteiger partial charge in [0, 0.05) is 49.7 Å². The molecule has 0 bridgehead atoms. The number of rotatable bonds is 4. The predicted octanol–water partition coefficient (Wildman–Crippen LogP) is 4.46. The number of aromatic nitrogens is 2. The van der Waals surface area contributed by atoms with E-state index in [0.29, 0.717) is 47.4 Å². The summed E-state index contributed by atoms with van der Waals surface area (Å²) < 4.78 is 12.8. The predicted molar refractivity (Wildman–Crippen MR) is 124 cm³/mol. The molecular weight excluding hydrogens is 440 g/mol. The van der Waals surface area contributed by atoms with E-state index < -0.39 is 0 Å². The molecule has 2 amide bonds. The van der Waals surface area contributed by atoms with Gasteiger partial charge in [0.25, 0.3) is 11.1 Å². The van der Waals surface area contributed by atoms with Gasteiger partial charge in [0.05, 0.1) is 4.70 Å². The molecule has 0 spiro atoms. The zero-order chi connectivity index (χ0) is 22.4. The third kappa shape index (κ3) is 3.82. The molecule has 0 aliphatic carbocycles. The number of thiazole rings is 1. The summed E-state index contributed by atoms with van der Waals surface area (Å²) >= 11 is 1.42. The summed E-state index contributed by atoms with van der Waals surface area (Å²) in [5.74, 6) is 1.04. The molecule has 3 aromatic heterocycles. The smallest absolute Gasteiger partial charge is 0.289 e. The fraction of sp³-hybridized carbons (Fsp3) is 0.333. The second-order valence-electron chi connectivity index (χ2n) is 8.43. The Morgan fingerprint density at radius 3 is 2.82 bits per heavy atom. The first kappa shape index (κ1) is 20.2. The second-order valence-corrected chi connectivity index (χ2v) is 9.42. The minimum atomic E-state index is -0.114. The highest BCUT2D eigenvalue weighted by Gasteiger charge is 2.32. The Balaban J connectivity index is 1.15. The van der Waals surface area contributed by atoms with E-state index in [4.69, 9.17) is 9.15 Å². The van der Waals surface area contributed by atoms with Gasteiger partial charge in [0.1, 0.15) is 11.3 Å². The molecular formula is C24H22N4O4S. The molecule has 0 saturated carbocycles. The zero-order valence-corrected chi connectivity index (χ0v) is 18.7. The molecule has 0 N–H and O–H groups in total. The van der Waals surface area contributed by atoms with Crippen molar-refractivity contribution in [1.82, 2.24) is 19.8 Å². The molecule has 5 heterocycles. The van der Waals surface area contributed by atoms with Crippen molar-refractivity contribution in [3.63, 3.8) is 0 Å². The Labute approximate surface area is 193 Å². The van der Waals surface area contributed by atoms with Gasteiger partial charge < -0.3 is 19.0 Å². The lowest BCUT2D eigenvalue weighted by Gasteiger charge is -2.36. The van der Waals surface area contributed by atoms with Crippen molar-refractivity contribution in [3.05, 3.63) is 48.4 Å². The molecule has 2 aliphatic heterocycles. The first-order valence-electron chi connectivity index (χ1n) is 11.2. The first-order valence-corrected chi connectivity index (χ1v) is 12.0. The summed E-state index contributed by atoms with van der Waals surface area (Å²) in [6.45, 7) is 2.10. The van der Waals surface area contributed by atoms with Crippen molar-refractivity contribution in [3.8, 4) is 10.9 Å². The topological polar surface area (TPSA) is 88.8 Å². The standard InChI is InChI=1S/C24H22N4O4S/c29-21-4-2-10-28(21)16-7-11-27(12-8-16)23(30)19-13-15-5-6-17(14-18(15)32-19)31-24-26-22-20(33-24)3-1-9-25-22/h1,3,5-6,9,13-14,16H,2,4,7-8,10-12H2. The summed E-state index contributed by atoms with van der Waals surface area (Å²) in [4.78, 5) is 37.5. The Bertz CT molecular complexity index is 1320. The van der Waals surface area contributed by atoms with Crippen LogP contribution in [0.1, 0.15) is 36.2 Å². The average molecular weight is 463 g/mol. The molecule has 8 nitrogen and oxygen atoms in total. The van der Waals surface area contributed by atoms with Crippen molar-refractivity contribution in [2.75, 3.05) is 19.6 Å². The number of ether oxygens (including phenoxy) is 1. The molecule has 4 aromatic rings. The van der Waals surface area contributed by atoms with Gasteiger partial charge >= 0.3 is 0 Å². The molecule has 1 aromatic carbocycles. The van der Waals surface area contributed by atoms with E-state index in [9.17, 15) is 9.59 Å². The molecule has 9 heteroatoms. The van der Waals surface area contributed by atoms with E-state index in [1.165, 1.54) is 11.3 Å². The average Bonchev–Trinajstić information content (AvgIpc) is 3.56. The van der Waals surface area contributed by atoms with Gasteiger partial charge in [0.15, 0.2) is 11.4 Å². The largest absolute Gasteiger partial charge is 0.451 e. The number of benzene rings is 1. The fourth-order valence-corrected chi connectivity index (χ4v) is 5.46. The first-order chi connectivity index (χ1) is 16.1. The molecule has 0 atom stereocenters. The third-order valence-electron chi connectivity index (χ3n) is 6.36. The van der Waals surface area contributed by atoms with E-state index in [1.54, 1.807) is 18.3 Å². The molecule has 33 heavy (non-hydrogen) atoms. The van der Waals surface area contributed by atoms with Crippen LogP contribution in [0.5, 0.6) is 10.9 Å². The van der Waals surface area contributed by atoms with E-state index >= 15 is 0 Å². The quantitative estimate of drug-likeness (QED) is 0.445. The van der Waals surface area contributed by atoms with E-state index in [1.807, 2.05) is 34.1 Å². The lowest BCUT2D eigenvalue weighted by Crippen LogP contribution is -2.47. The van der Waals surface area contributed by atoms with Crippen LogP contribution in [0.3, 0.4) is 0 Å². The van der Waals surface area contributed by atoms with Crippen LogP contribution in [-0.2, 0) is 4.79 Å². The van der Waals surface area contributed by atoms with E-state index in [-0.39, 0.29) is 17.9 Å². The van der Waals surface area contributed by atoms with Gasteiger partial charge in [-0.15, -0.1) is 0 Å². The molecule has 2 saturated heterocycles. The van der Waals surface area contributed by atoms with Crippen LogP contribution in [0.25, 0.3) is 21.3 Å². The van der Waals surface area contributed by atoms with Gasteiger partial charge in [-0.1, -0.05) is 11.3 Å². The van der Waals surface area contributed by atoms with Crippen molar-refractivity contribution >= 4 is 44.5 Å². The molecule has 2 fully saturated rings. The van der Waals surface area contributed by atoms with Gasteiger partial charge in [0.2, 0.25) is 5.91 Å². The molecule has 0 radical (unpaired) electrons. The Morgan fingerprint density at radius 2 is 2.03 bits per heavy atom. The number of amides is 2. The van der Waals surface area contributed by atoms with Crippen LogP contribution < -0.4 is 4.74 Å². The number of hydrogen-bond acceptors (Lipinski definition) is 7. The number of hydrogen-bond donors (Lipinski definition) is 0. The summed E-state index contributed by atoms with van der Waals surface area (Å²) in [5.41, 5.74) is 1.25. The molecule has 6 rings (SSSR count). The van der Waals surface area contributed by atoms with Crippen molar-refractivity contribution in [2.24, 2.45) is 0 Å². The Morgan fingerprint density at radius 1 is 1.15 bits per heavy atom. The van der Waals surface area contributed by atoms with Gasteiger partial charge in [-0.2, -0.15) is 4.98 Å². The number of carbonyl (C=O) groups is 2. The lowest BCUT2D eigenvalue weighted by molar-refractivity contribution is -0.130. The summed E-state index contributed by atoms with van der Waals surface area (Å²) in [5, 5.41) is 1.35. The van der Waals surface area contributed by atoms with Gasteiger partial charge in [-0.25, -0.2) is 4.98 Å². The van der Waals surface area contributed by atoms with Crippen LogP contribution in [0, 0.1) is 0 Å². The molecule has 2 aliphatic rings. The number of furan rings is 1. The van der Waals surface area contributed by atoms with Crippen LogP contribution >= 0.6 is 11.3 Å². The van der Waals surface area contributed by atoms with Crippen LogP contribution in [0.4, 0.5) is 0 Å². The number of carbonyl (C=O) groups excluding carboxylic acids is 2. The van der Waals surface area contributed by atoms with Crippen molar-refractivity contribution in [1.29, 1.82) is 0 Å². The van der Waals surface area contributed by atoms with E-state index in [2.05, 4.69) is 9.97 Å². The monoisotopic (exact) mass is 462 g/mol. The highest BCUT2D eigenvalue weighted by Crippen LogP contribution is 2.33. The minimum absolute atomic E-state index is 0.114. The Kier molecular flexibility index (Phi) is 4.98. The van der Waals surface area contributed by atoms with Crippen molar-refractivity contribution in [2.45, 2.75) is 31.7 Å². The SMILES string of the molecule is O=C(c1cc2ccc(Oc3nc4ncccc4s3)cc2o1)N1CCC(N2CCCC2=O)CC1. The number of likely N-dealkylation sites (tertiary alicyclic amines) is 2. The molecule has 0 unspecified atom stereocenters. The summed E-state index contributed by atoms with van der Waals surface area (Å²) in [6, 6.07) is 11.3. The minimum Gasteiger partial charge on any atom is -0.451 e. The second kappa shape index (κ2) is 8.15. The molecule has 168 valence electrons. The maximum atomic E-state index is 13.0. The normalized spacial score (nSPS) is 17.4. The lowest BCUT2D eigenvalue weighted by atomic mass is 10.0. The van der Waals surface area contributed by atoms with E-state index in [0.717, 1.165) is 35.9 Å². The fourth-order valence-electron chi connectivity index (χ4n) is 4.67. The summed E-state index contributed by atoms with van der Waals surface area (Å²) in [6.07, 6.45) is 4.92. The van der Waals surface area contributed by atoms with Gasteiger partial charge in [-0.3, -0.25) is 9.59 Å². The number of pyridine rings is 1. The van der Waals surface area contributed by atoms with Gasteiger partial charge in [-0.05, 0) is 49.6 Å². The Hall–Kier alpha value is -3.46. The zero-order valence-electron chi connectivity index (χ0n) is 17.9. The number of fused-ring (bicyclic) bond motifs is 2. The van der Waals surface area contributed by atoms with Crippen LogP contribution in [0.15, 0.2) is 47.0 Å². The van der Waals surface area contributed by atoms with Crippen LogP contribution in [-0.4, -0.2) is 57.3 Å². The maximum absolute atomic E-state index is 13.0. The highest BCUT2D eigenvalue weighted by molar-refractivity contribution is 7.20. The number of nitrogens with zero attached hydrogens (tertiary/aromatic N) is 4. The number of piperidine rings is 1. The van der Waals surface area contributed by atoms with Crippen LogP contribution in [0.2, 0.25) is 0 Å². The maximum Gasteiger partial charge on any atom is 0.289 e. The third-order valence-corrected chi connectivity index (χ3v) is 7.24. The van der Waals surface area contributed by atoms with Crippen molar-refractivity contribution < 1.29 is 18.7 Å². The summed E-state index contributed by atoms with van der Waals surface area (Å²) in [7, 11) is 0.